The van der Waals surface area contributed by atoms with E-state index in [0.29, 0.717) is 13.0 Å². The molecule has 2 amide bonds. The number of nitrogens with zero attached hydrogens (tertiary/aromatic N) is 2. The first-order valence-corrected chi connectivity index (χ1v) is 9.68. The van der Waals surface area contributed by atoms with Crippen LogP contribution in [0.2, 0.25) is 0 Å². The highest BCUT2D eigenvalue weighted by molar-refractivity contribution is 6.04. The fraction of sp³-hybridized carbons (Fsp3) is 0.318. The number of hydrogen-bond acceptors (Lipinski definition) is 5. The number of Topliss-reactive ketones (excluding diaryl/α,β-unsaturated/α-hetero) is 1. The molecule has 1 fully saturated rings. The molecule has 0 saturated carbocycles. The van der Waals surface area contributed by atoms with Crippen LogP contribution in [0.5, 0.6) is 0 Å². The summed E-state index contributed by atoms with van der Waals surface area (Å²) < 4.78 is 32.4. The van der Waals surface area contributed by atoms with Gasteiger partial charge in [-0.05, 0) is 12.5 Å². The molecule has 1 unspecified atom stereocenters. The molecule has 2 aliphatic heterocycles. The molecule has 1 aromatic rings. The number of fused-ring (bicyclic) bond motifs is 1. The highest BCUT2D eigenvalue weighted by atomic mass is 19.1. The van der Waals surface area contributed by atoms with Crippen LogP contribution in [0, 0.1) is 17.6 Å². The van der Waals surface area contributed by atoms with Crippen molar-refractivity contribution in [2.75, 3.05) is 20.6 Å². The summed E-state index contributed by atoms with van der Waals surface area (Å²) in [5.74, 6) is -2.65. The van der Waals surface area contributed by atoms with Crippen molar-refractivity contribution in [1.82, 2.24) is 15.1 Å². The molecule has 1 aromatic carbocycles. The van der Waals surface area contributed by atoms with Gasteiger partial charge in [0.1, 0.15) is 17.3 Å². The molecule has 7 nitrogen and oxygen atoms in total. The SMILES string of the molecule is C=C1C(C(=O)NCc2ccc(F)cc2F)=CN2CCC(C)C(=O)C2=C1OC(=O)N(C)C. The second-order valence-corrected chi connectivity index (χ2v) is 7.63. The Hall–Kier alpha value is -3.49. The van der Waals surface area contributed by atoms with E-state index in [9.17, 15) is 23.2 Å². The van der Waals surface area contributed by atoms with Crippen LogP contribution in [-0.2, 0) is 20.9 Å². The largest absolute Gasteiger partial charge is 0.414 e. The number of ether oxygens (including phenoxy) is 1. The lowest BCUT2D eigenvalue weighted by Gasteiger charge is -2.36. The summed E-state index contributed by atoms with van der Waals surface area (Å²) >= 11 is 0. The van der Waals surface area contributed by atoms with E-state index >= 15 is 0 Å². The van der Waals surface area contributed by atoms with Gasteiger partial charge in [-0.15, -0.1) is 0 Å². The van der Waals surface area contributed by atoms with Crippen LogP contribution in [0.15, 0.2) is 53.6 Å². The molecule has 9 heteroatoms. The van der Waals surface area contributed by atoms with E-state index in [1.165, 1.54) is 31.3 Å². The molecule has 164 valence electrons. The van der Waals surface area contributed by atoms with Crippen molar-refractivity contribution in [2.24, 2.45) is 5.92 Å². The van der Waals surface area contributed by atoms with Crippen molar-refractivity contribution in [3.8, 4) is 0 Å². The fourth-order valence-electron chi connectivity index (χ4n) is 3.24. The zero-order valence-corrected chi connectivity index (χ0v) is 17.5. The monoisotopic (exact) mass is 431 g/mol. The highest BCUT2D eigenvalue weighted by Crippen LogP contribution is 2.35. The number of rotatable bonds is 4. The van der Waals surface area contributed by atoms with Gasteiger partial charge in [0.15, 0.2) is 11.5 Å². The third kappa shape index (κ3) is 4.50. The van der Waals surface area contributed by atoms with Gasteiger partial charge in [-0.1, -0.05) is 19.6 Å². The highest BCUT2D eigenvalue weighted by Gasteiger charge is 2.38. The van der Waals surface area contributed by atoms with E-state index in [1.54, 1.807) is 11.8 Å². The number of carbonyl (C=O) groups excluding carboxylic acids is 3. The van der Waals surface area contributed by atoms with E-state index in [0.717, 1.165) is 12.1 Å². The molecule has 0 radical (unpaired) electrons. The van der Waals surface area contributed by atoms with E-state index in [1.807, 2.05) is 0 Å². The number of piperidine rings is 1. The predicted octanol–water partition coefficient (Wildman–Crippen LogP) is 2.86. The molecular weight excluding hydrogens is 408 g/mol. The van der Waals surface area contributed by atoms with Crippen molar-refractivity contribution in [1.29, 1.82) is 0 Å². The van der Waals surface area contributed by atoms with Gasteiger partial charge in [0.05, 0.1) is 5.57 Å². The van der Waals surface area contributed by atoms with Crippen LogP contribution < -0.4 is 5.32 Å². The summed E-state index contributed by atoms with van der Waals surface area (Å²) in [6.45, 7) is 5.90. The van der Waals surface area contributed by atoms with Gasteiger partial charge in [0.2, 0.25) is 0 Å². The van der Waals surface area contributed by atoms with Crippen LogP contribution in [0.3, 0.4) is 0 Å². The van der Waals surface area contributed by atoms with Gasteiger partial charge in [-0.2, -0.15) is 0 Å². The molecule has 2 aliphatic rings. The Morgan fingerprint density at radius 1 is 1.32 bits per heavy atom. The van der Waals surface area contributed by atoms with Crippen LogP contribution in [-0.4, -0.2) is 48.2 Å². The minimum atomic E-state index is -0.782. The van der Waals surface area contributed by atoms with Crippen molar-refractivity contribution >= 4 is 17.8 Å². The summed E-state index contributed by atoms with van der Waals surface area (Å²) in [4.78, 5) is 40.5. The van der Waals surface area contributed by atoms with Crippen LogP contribution >= 0.6 is 0 Å². The lowest BCUT2D eigenvalue weighted by molar-refractivity contribution is -0.122. The molecule has 0 spiro atoms. The maximum absolute atomic E-state index is 13.9. The Kier molecular flexibility index (Phi) is 6.24. The molecule has 2 heterocycles. The summed E-state index contributed by atoms with van der Waals surface area (Å²) in [6, 6.07) is 3.06. The van der Waals surface area contributed by atoms with Crippen LogP contribution in [0.4, 0.5) is 13.6 Å². The molecule has 0 aliphatic carbocycles. The first-order valence-electron chi connectivity index (χ1n) is 9.68. The molecule has 1 saturated heterocycles. The predicted molar refractivity (Wildman–Crippen MR) is 108 cm³/mol. The van der Waals surface area contributed by atoms with Gasteiger partial charge < -0.3 is 19.9 Å². The van der Waals surface area contributed by atoms with Gasteiger partial charge in [0, 0.05) is 56.5 Å². The second-order valence-electron chi connectivity index (χ2n) is 7.63. The van der Waals surface area contributed by atoms with E-state index in [2.05, 4.69) is 11.9 Å². The second kappa shape index (κ2) is 8.71. The minimum absolute atomic E-state index is 0.0704. The van der Waals surface area contributed by atoms with Gasteiger partial charge in [-0.3, -0.25) is 9.59 Å². The number of amides is 2. The quantitative estimate of drug-likeness (QED) is 0.793. The van der Waals surface area contributed by atoms with E-state index < -0.39 is 23.6 Å². The number of hydrogen-bond donors (Lipinski definition) is 1. The summed E-state index contributed by atoms with van der Waals surface area (Å²) in [5, 5.41) is 2.56. The summed E-state index contributed by atoms with van der Waals surface area (Å²) in [7, 11) is 2.98. The third-order valence-corrected chi connectivity index (χ3v) is 5.12. The smallest absolute Gasteiger partial charge is 0.407 e. The van der Waals surface area contributed by atoms with E-state index in [-0.39, 0.29) is 46.4 Å². The van der Waals surface area contributed by atoms with Crippen LogP contribution in [0.1, 0.15) is 18.9 Å². The Labute approximate surface area is 178 Å². The Balaban J connectivity index is 1.87. The molecule has 31 heavy (non-hydrogen) atoms. The zero-order chi connectivity index (χ0) is 22.9. The Bertz CT molecular complexity index is 1030. The average molecular weight is 431 g/mol. The van der Waals surface area contributed by atoms with Crippen molar-refractivity contribution < 1.29 is 27.9 Å². The number of halogens is 2. The Morgan fingerprint density at radius 2 is 2.03 bits per heavy atom. The number of ketones is 1. The van der Waals surface area contributed by atoms with Crippen molar-refractivity contribution in [3.05, 3.63) is 70.8 Å². The van der Waals surface area contributed by atoms with E-state index in [4.69, 9.17) is 4.74 Å². The molecule has 3 rings (SSSR count). The molecular formula is C22H23F2N3O4. The normalized spacial score (nSPS) is 18.4. The molecule has 1 atom stereocenters. The minimum Gasteiger partial charge on any atom is -0.407 e. The lowest BCUT2D eigenvalue weighted by atomic mass is 9.89. The number of nitrogens with one attached hydrogen (secondary N) is 1. The third-order valence-electron chi connectivity index (χ3n) is 5.12. The maximum atomic E-state index is 13.9. The van der Waals surface area contributed by atoms with Crippen LogP contribution in [0.25, 0.3) is 0 Å². The number of allylic oxidation sites excluding steroid dienone is 2. The standard InChI is InChI=1S/C22H23F2N3O4/c1-12-7-8-27-11-16(21(29)25-10-14-5-6-15(23)9-17(14)24)13(2)20(18(27)19(12)28)31-22(30)26(3)4/h5-6,9,11-12H,2,7-8,10H2,1,3-4H3,(H,25,29). The summed E-state index contributed by atoms with van der Waals surface area (Å²) in [6.07, 6.45) is 1.32. The van der Waals surface area contributed by atoms with Gasteiger partial charge >= 0.3 is 6.09 Å². The van der Waals surface area contributed by atoms with Gasteiger partial charge in [0.25, 0.3) is 5.91 Å². The molecule has 0 aromatic heterocycles. The summed E-state index contributed by atoms with van der Waals surface area (Å²) in [5.41, 5.74) is 0.436. The topological polar surface area (TPSA) is 79.0 Å². The molecule has 1 N–H and O–H groups in total. The number of carbonyl (C=O) groups is 3. The molecule has 0 bridgehead atoms. The zero-order valence-electron chi connectivity index (χ0n) is 17.5. The van der Waals surface area contributed by atoms with Crippen molar-refractivity contribution in [2.45, 2.75) is 19.9 Å². The van der Waals surface area contributed by atoms with Gasteiger partial charge in [-0.25, -0.2) is 13.6 Å². The average Bonchev–Trinajstić information content (AvgIpc) is 2.71. The lowest BCUT2D eigenvalue weighted by Crippen LogP contribution is -2.41. The first kappa shape index (κ1) is 22.2. The fourth-order valence-corrected chi connectivity index (χ4v) is 3.24. The Morgan fingerprint density at radius 3 is 2.68 bits per heavy atom. The van der Waals surface area contributed by atoms with Crippen molar-refractivity contribution in [3.63, 3.8) is 0 Å². The number of benzene rings is 1. The maximum Gasteiger partial charge on any atom is 0.414 e. The first-order chi connectivity index (χ1) is 14.6.